The highest BCUT2D eigenvalue weighted by Gasteiger charge is 2.30. The van der Waals surface area contributed by atoms with Gasteiger partial charge in [-0.3, -0.25) is 0 Å². The third-order valence-electron chi connectivity index (χ3n) is 7.15. The summed E-state index contributed by atoms with van der Waals surface area (Å²) in [5.74, 6) is 1.98. The first-order chi connectivity index (χ1) is 18.2. The molecule has 1 aliphatic heterocycles. The first kappa shape index (κ1) is 26.4. The average molecular weight is 536 g/mol. The third kappa shape index (κ3) is 5.75. The average Bonchev–Trinajstić information content (AvgIpc) is 3.63. The van der Waals surface area contributed by atoms with Gasteiger partial charge in [0.1, 0.15) is 11.8 Å². The minimum absolute atomic E-state index is 0.0506. The van der Waals surface area contributed by atoms with E-state index in [0.717, 1.165) is 36.2 Å². The molecule has 9 nitrogen and oxygen atoms in total. The van der Waals surface area contributed by atoms with E-state index >= 15 is 0 Å². The van der Waals surface area contributed by atoms with Crippen molar-refractivity contribution < 1.29 is 17.7 Å². The van der Waals surface area contributed by atoms with E-state index in [0.29, 0.717) is 53.9 Å². The van der Waals surface area contributed by atoms with Crippen LogP contribution in [0.2, 0.25) is 0 Å². The van der Waals surface area contributed by atoms with E-state index in [1.165, 1.54) is 0 Å². The van der Waals surface area contributed by atoms with Gasteiger partial charge in [-0.1, -0.05) is 30.3 Å². The normalized spacial score (nSPS) is 19.6. The summed E-state index contributed by atoms with van der Waals surface area (Å²) in [4.78, 5) is 6.83. The molecule has 2 heterocycles. The number of benzene rings is 2. The first-order valence-corrected chi connectivity index (χ1v) is 14.8. The number of hydrogen-bond donors (Lipinski definition) is 1. The highest BCUT2D eigenvalue weighted by Crippen LogP contribution is 2.38. The Morgan fingerprint density at radius 1 is 1.26 bits per heavy atom. The van der Waals surface area contributed by atoms with Gasteiger partial charge in [0.05, 0.1) is 17.4 Å². The number of ether oxygens (including phenoxy) is 1. The van der Waals surface area contributed by atoms with Gasteiger partial charge in [0.25, 0.3) is 5.89 Å². The second kappa shape index (κ2) is 10.8. The Morgan fingerprint density at radius 3 is 2.84 bits per heavy atom. The molecule has 200 valence electrons. The lowest BCUT2D eigenvalue weighted by molar-refractivity contribution is 0.241. The Labute approximate surface area is 223 Å². The van der Waals surface area contributed by atoms with E-state index < -0.39 is 10.0 Å². The number of fused-ring (bicyclic) bond motifs is 1. The fraction of sp³-hybridized carbons (Fsp3) is 0.464. The summed E-state index contributed by atoms with van der Waals surface area (Å²) in [5.41, 5.74) is 3.83. The fourth-order valence-corrected chi connectivity index (χ4v) is 6.59. The number of nitriles is 1. The van der Waals surface area contributed by atoms with E-state index in [1.807, 2.05) is 32.0 Å². The topological polar surface area (TPSA) is 121 Å². The van der Waals surface area contributed by atoms with Gasteiger partial charge < -0.3 is 14.2 Å². The molecule has 38 heavy (non-hydrogen) atoms. The number of sulfonamides is 1. The van der Waals surface area contributed by atoms with Crippen LogP contribution in [0.1, 0.15) is 56.3 Å². The number of hydrogen-bond acceptors (Lipinski definition) is 8. The van der Waals surface area contributed by atoms with Gasteiger partial charge in [0, 0.05) is 30.3 Å². The van der Waals surface area contributed by atoms with Crippen molar-refractivity contribution in [3.63, 3.8) is 0 Å². The van der Waals surface area contributed by atoms with Crippen molar-refractivity contribution in [2.24, 2.45) is 5.92 Å². The van der Waals surface area contributed by atoms with Gasteiger partial charge in [-0.25, -0.2) is 13.1 Å². The Morgan fingerprint density at radius 2 is 2.11 bits per heavy atom. The zero-order valence-electron chi connectivity index (χ0n) is 22.0. The highest BCUT2D eigenvalue weighted by molar-refractivity contribution is 7.89. The minimum atomic E-state index is -3.42. The predicted octanol–water partition coefficient (Wildman–Crippen LogP) is 4.31. The van der Waals surface area contributed by atoms with Crippen LogP contribution in [0.25, 0.3) is 22.8 Å². The molecule has 0 saturated carbocycles. The van der Waals surface area contributed by atoms with Gasteiger partial charge >= 0.3 is 0 Å². The summed E-state index contributed by atoms with van der Waals surface area (Å²) in [6.45, 7) is 8.50. The van der Waals surface area contributed by atoms with Gasteiger partial charge in [0.15, 0.2) is 0 Å². The molecule has 1 aliphatic carbocycles. The van der Waals surface area contributed by atoms with E-state index in [1.54, 1.807) is 18.2 Å². The molecule has 5 rings (SSSR count). The third-order valence-corrected chi connectivity index (χ3v) is 8.52. The summed E-state index contributed by atoms with van der Waals surface area (Å²) in [7, 11) is -3.42. The molecule has 0 unspecified atom stereocenters. The van der Waals surface area contributed by atoms with Crippen LogP contribution in [-0.4, -0.2) is 54.9 Å². The van der Waals surface area contributed by atoms with Crippen LogP contribution in [-0.2, 0) is 16.4 Å². The van der Waals surface area contributed by atoms with E-state index in [4.69, 9.17) is 9.26 Å². The smallest absolute Gasteiger partial charge is 0.258 e. The Kier molecular flexibility index (Phi) is 7.52. The molecular formula is C28H33N5O4S. The lowest BCUT2D eigenvalue weighted by Crippen LogP contribution is -2.35. The Bertz CT molecular complexity index is 1460. The van der Waals surface area contributed by atoms with Crippen LogP contribution in [0.3, 0.4) is 0 Å². The fourth-order valence-electron chi connectivity index (χ4n) is 5.30. The van der Waals surface area contributed by atoms with Crippen LogP contribution in [0.4, 0.5) is 0 Å². The van der Waals surface area contributed by atoms with Crippen LogP contribution in [0.15, 0.2) is 40.9 Å². The maximum absolute atomic E-state index is 12.9. The maximum Gasteiger partial charge on any atom is 0.258 e. The highest BCUT2D eigenvalue weighted by atomic mass is 32.2. The minimum Gasteiger partial charge on any atom is -0.490 e. The monoisotopic (exact) mass is 535 g/mol. The first-order valence-electron chi connectivity index (χ1n) is 13.1. The summed E-state index contributed by atoms with van der Waals surface area (Å²) in [5, 5.41) is 13.7. The van der Waals surface area contributed by atoms with Crippen LogP contribution >= 0.6 is 0 Å². The molecule has 0 spiro atoms. The summed E-state index contributed by atoms with van der Waals surface area (Å²) >= 11 is 0. The van der Waals surface area contributed by atoms with Gasteiger partial charge in [-0.2, -0.15) is 10.2 Å². The lowest BCUT2D eigenvalue weighted by atomic mass is 10.0. The molecule has 2 atom stereocenters. The second-order valence-corrected chi connectivity index (χ2v) is 12.4. The molecule has 1 fully saturated rings. The van der Waals surface area contributed by atoms with Crippen LogP contribution in [0.5, 0.6) is 5.75 Å². The number of nitrogens with zero attached hydrogens (tertiary/aromatic N) is 4. The molecule has 0 bridgehead atoms. The molecule has 0 radical (unpaired) electrons. The van der Waals surface area contributed by atoms with Crippen molar-refractivity contribution >= 4 is 10.0 Å². The standard InChI is InChI=1S/C28H33N5O4S/c1-18(2)36-26-10-7-20(15-21(26)16-29)28-30-27(31-37-28)24-6-4-5-23-22(24)8-9-25(23)32-38(34,35)14-13-33-12-11-19(3)17-33/h4-7,10,15,18-19,25,32H,8-9,11-14,17H2,1-3H3/t19-,25+/m1/s1. The quantitative estimate of drug-likeness (QED) is 0.430. The molecule has 3 aromatic rings. The van der Waals surface area contributed by atoms with Crippen molar-refractivity contribution in [1.29, 1.82) is 5.26 Å². The van der Waals surface area contributed by atoms with Gasteiger partial charge in [0.2, 0.25) is 15.8 Å². The Balaban J connectivity index is 1.32. The zero-order chi connectivity index (χ0) is 26.9. The molecule has 10 heteroatoms. The largest absolute Gasteiger partial charge is 0.490 e. The van der Waals surface area contributed by atoms with E-state index in [9.17, 15) is 13.7 Å². The van der Waals surface area contributed by atoms with Crippen molar-refractivity contribution in [2.45, 2.75) is 52.2 Å². The van der Waals surface area contributed by atoms with Gasteiger partial charge in [-0.15, -0.1) is 0 Å². The number of likely N-dealkylation sites (tertiary alicyclic amines) is 1. The van der Waals surface area contributed by atoms with Crippen molar-refractivity contribution in [3.8, 4) is 34.7 Å². The van der Waals surface area contributed by atoms with Gasteiger partial charge in [-0.05, 0) is 74.9 Å². The van der Waals surface area contributed by atoms with Crippen molar-refractivity contribution in [1.82, 2.24) is 19.8 Å². The molecule has 2 aromatic carbocycles. The van der Waals surface area contributed by atoms with E-state index in [-0.39, 0.29) is 17.9 Å². The second-order valence-electron chi connectivity index (χ2n) is 10.5. The molecule has 1 aromatic heterocycles. The number of aromatic nitrogens is 2. The molecule has 1 N–H and O–H groups in total. The van der Waals surface area contributed by atoms with Crippen molar-refractivity contribution in [3.05, 3.63) is 53.1 Å². The molecule has 2 aliphatic rings. The van der Waals surface area contributed by atoms with Crippen LogP contribution in [0, 0.1) is 17.2 Å². The Hall–Kier alpha value is -3.26. The summed E-state index contributed by atoms with van der Waals surface area (Å²) in [6.07, 6.45) is 2.47. The zero-order valence-corrected chi connectivity index (χ0v) is 22.8. The maximum atomic E-state index is 12.9. The number of nitrogens with one attached hydrogen (secondary N) is 1. The SMILES string of the molecule is CC(C)Oc1ccc(-c2nc(-c3cccc4c3CC[C@@H]4NS(=O)(=O)CCN3CC[C@@H](C)C3)no2)cc1C#N. The van der Waals surface area contributed by atoms with Crippen molar-refractivity contribution in [2.75, 3.05) is 25.4 Å². The predicted molar refractivity (Wildman–Crippen MR) is 144 cm³/mol. The molecule has 1 saturated heterocycles. The summed E-state index contributed by atoms with van der Waals surface area (Å²) < 4.78 is 39.9. The summed E-state index contributed by atoms with van der Waals surface area (Å²) in [6, 6.07) is 12.9. The lowest BCUT2D eigenvalue weighted by Gasteiger charge is -2.18. The number of rotatable bonds is 9. The van der Waals surface area contributed by atoms with E-state index in [2.05, 4.69) is 32.8 Å². The van der Waals surface area contributed by atoms with Crippen LogP contribution < -0.4 is 9.46 Å². The molecule has 0 amide bonds. The molecular weight excluding hydrogens is 502 g/mol.